The van der Waals surface area contributed by atoms with Crippen molar-refractivity contribution in [2.24, 2.45) is 0 Å². The number of likely N-dealkylation sites (tertiary alicyclic amines) is 1. The summed E-state index contributed by atoms with van der Waals surface area (Å²) in [5.74, 6) is -0.630. The minimum absolute atomic E-state index is 0.0407. The van der Waals surface area contributed by atoms with E-state index in [1.165, 1.54) is 12.0 Å². The van der Waals surface area contributed by atoms with Crippen LogP contribution in [0, 0.1) is 0 Å². The summed E-state index contributed by atoms with van der Waals surface area (Å²) in [5, 5.41) is 10.2. The number of unbranched alkanes of at least 4 members (excludes halogenated alkanes) is 1. The Hall–Kier alpha value is -1.39. The van der Waals surface area contributed by atoms with Gasteiger partial charge in [0.2, 0.25) is 0 Å². The van der Waals surface area contributed by atoms with Crippen LogP contribution >= 0.6 is 0 Å². The molecule has 140 valence electrons. The molecular weight excluding hydrogens is 342 g/mol. The molecule has 1 aliphatic rings. The van der Waals surface area contributed by atoms with Gasteiger partial charge in [-0.1, -0.05) is 13.3 Å². The van der Waals surface area contributed by atoms with Crippen LogP contribution in [0.15, 0.2) is 0 Å². The second-order valence-corrected chi connectivity index (χ2v) is 7.29. The van der Waals surface area contributed by atoms with Crippen LogP contribution in [0.5, 0.6) is 0 Å². The number of ether oxygens (including phenoxy) is 2. The van der Waals surface area contributed by atoms with Crippen LogP contribution in [0.25, 0.3) is 0 Å². The molecule has 0 bridgehead atoms. The van der Waals surface area contributed by atoms with Crippen molar-refractivity contribution >= 4 is 22.2 Å². The van der Waals surface area contributed by atoms with E-state index in [0.717, 1.165) is 12.7 Å². The Morgan fingerprint density at radius 2 is 2.04 bits per heavy atom. The fraction of sp³-hybridized carbons (Fsp3) is 0.857. The van der Waals surface area contributed by atoms with E-state index in [4.69, 9.17) is 8.92 Å². The highest BCUT2D eigenvalue weighted by atomic mass is 32.2. The van der Waals surface area contributed by atoms with Crippen molar-refractivity contribution in [2.75, 3.05) is 26.5 Å². The van der Waals surface area contributed by atoms with Gasteiger partial charge in [0.25, 0.3) is 10.1 Å². The van der Waals surface area contributed by atoms with E-state index in [1.807, 2.05) is 6.92 Å². The molecule has 3 atom stereocenters. The summed E-state index contributed by atoms with van der Waals surface area (Å²) >= 11 is 0. The smallest absolute Gasteiger partial charge is 0.410 e. The van der Waals surface area contributed by atoms with Gasteiger partial charge >= 0.3 is 12.1 Å². The van der Waals surface area contributed by atoms with E-state index in [-0.39, 0.29) is 26.0 Å². The van der Waals surface area contributed by atoms with Crippen LogP contribution in [0.3, 0.4) is 0 Å². The SMILES string of the molecule is CCCCOC(=O)N1CC(OS(C)(=O)=O)CC1[C@H](O)CC(=O)OC. The van der Waals surface area contributed by atoms with Gasteiger partial charge in [-0.25, -0.2) is 4.79 Å². The van der Waals surface area contributed by atoms with Gasteiger partial charge in [-0.05, 0) is 12.8 Å². The molecule has 0 aliphatic carbocycles. The van der Waals surface area contributed by atoms with Gasteiger partial charge in [0, 0.05) is 0 Å². The van der Waals surface area contributed by atoms with Gasteiger partial charge in [0.05, 0.1) is 51.2 Å². The fourth-order valence-corrected chi connectivity index (χ4v) is 3.13. The molecule has 1 heterocycles. The molecule has 1 N–H and O–H groups in total. The molecular formula is C14H25NO8S. The Labute approximate surface area is 142 Å². The highest BCUT2D eigenvalue weighted by Gasteiger charge is 2.42. The lowest BCUT2D eigenvalue weighted by molar-refractivity contribution is -0.143. The van der Waals surface area contributed by atoms with Crippen LogP contribution in [0.1, 0.15) is 32.6 Å². The average molecular weight is 367 g/mol. The molecule has 24 heavy (non-hydrogen) atoms. The zero-order valence-electron chi connectivity index (χ0n) is 14.1. The maximum Gasteiger partial charge on any atom is 0.410 e. The molecule has 1 rings (SSSR count). The second kappa shape index (κ2) is 9.19. The second-order valence-electron chi connectivity index (χ2n) is 5.69. The van der Waals surface area contributed by atoms with E-state index in [1.54, 1.807) is 0 Å². The number of esters is 1. The zero-order valence-corrected chi connectivity index (χ0v) is 15.0. The number of rotatable bonds is 8. The number of aliphatic hydroxyl groups is 1. The highest BCUT2D eigenvalue weighted by molar-refractivity contribution is 7.86. The third-order valence-corrected chi connectivity index (χ3v) is 4.24. The molecule has 1 amide bonds. The van der Waals surface area contributed by atoms with Crippen LogP contribution in [-0.4, -0.2) is 75.3 Å². The Morgan fingerprint density at radius 3 is 2.58 bits per heavy atom. The van der Waals surface area contributed by atoms with Crippen molar-refractivity contribution in [3.05, 3.63) is 0 Å². The Morgan fingerprint density at radius 1 is 1.38 bits per heavy atom. The number of amides is 1. The lowest BCUT2D eigenvalue weighted by atomic mass is 10.1. The molecule has 10 heteroatoms. The third kappa shape index (κ3) is 6.62. The predicted molar refractivity (Wildman–Crippen MR) is 83.7 cm³/mol. The zero-order chi connectivity index (χ0) is 18.3. The molecule has 9 nitrogen and oxygen atoms in total. The number of hydrogen-bond acceptors (Lipinski definition) is 8. The van der Waals surface area contributed by atoms with E-state index in [9.17, 15) is 23.1 Å². The van der Waals surface area contributed by atoms with Gasteiger partial charge in [-0.15, -0.1) is 0 Å². The number of carbonyl (C=O) groups excluding carboxylic acids is 2. The van der Waals surface area contributed by atoms with Crippen molar-refractivity contribution in [1.82, 2.24) is 4.90 Å². The molecule has 0 aromatic heterocycles. The summed E-state index contributed by atoms with van der Waals surface area (Å²) in [5.41, 5.74) is 0. The summed E-state index contributed by atoms with van der Waals surface area (Å²) in [7, 11) is -2.52. The summed E-state index contributed by atoms with van der Waals surface area (Å²) in [6, 6.07) is -0.787. The lowest BCUT2D eigenvalue weighted by Crippen LogP contribution is -2.44. The molecule has 1 fully saturated rings. The number of nitrogens with zero attached hydrogens (tertiary/aromatic N) is 1. The van der Waals surface area contributed by atoms with Crippen LogP contribution in [-0.2, 0) is 28.6 Å². The maximum absolute atomic E-state index is 12.2. The Kier molecular flexibility index (Phi) is 7.91. The van der Waals surface area contributed by atoms with Gasteiger partial charge in [-0.3, -0.25) is 13.9 Å². The molecule has 0 aromatic carbocycles. The van der Waals surface area contributed by atoms with Crippen molar-refractivity contribution < 1.29 is 36.8 Å². The summed E-state index contributed by atoms with van der Waals surface area (Å²) in [6.07, 6.45) is -0.452. The number of hydrogen-bond donors (Lipinski definition) is 1. The first-order valence-corrected chi connectivity index (χ1v) is 9.56. The standard InChI is InChI=1S/C14H25NO8S/c1-4-5-6-22-14(18)15-9-10(23-24(3,19)20)7-11(15)12(16)8-13(17)21-2/h10-12,16H,4-9H2,1-3H3/t10?,11?,12-/m1/s1. The van der Waals surface area contributed by atoms with Crippen LogP contribution in [0.4, 0.5) is 4.79 Å². The number of methoxy groups -OCH3 is 1. The molecule has 0 radical (unpaired) electrons. The Bertz CT molecular complexity index is 535. The normalized spacial score (nSPS) is 22.2. The molecule has 1 aliphatic heterocycles. The monoisotopic (exact) mass is 367 g/mol. The lowest BCUT2D eigenvalue weighted by Gasteiger charge is -2.27. The first-order chi connectivity index (χ1) is 11.2. The molecule has 0 aromatic rings. The quantitative estimate of drug-likeness (QED) is 0.369. The average Bonchev–Trinajstić information content (AvgIpc) is 2.89. The van der Waals surface area contributed by atoms with E-state index < -0.39 is 40.4 Å². The number of carbonyl (C=O) groups is 2. The molecule has 0 saturated carbocycles. The highest BCUT2D eigenvalue weighted by Crippen LogP contribution is 2.26. The summed E-state index contributed by atoms with van der Waals surface area (Å²) in [4.78, 5) is 24.7. The summed E-state index contributed by atoms with van der Waals surface area (Å²) in [6.45, 7) is 2.13. The van der Waals surface area contributed by atoms with Gasteiger partial charge in [0.1, 0.15) is 0 Å². The predicted octanol–water partition coefficient (Wildman–Crippen LogP) is 0.266. The maximum atomic E-state index is 12.2. The largest absolute Gasteiger partial charge is 0.469 e. The van der Waals surface area contributed by atoms with Gasteiger partial charge in [-0.2, -0.15) is 8.42 Å². The molecule has 2 unspecified atom stereocenters. The Balaban J connectivity index is 2.80. The van der Waals surface area contributed by atoms with Crippen molar-refractivity contribution in [2.45, 2.75) is 50.9 Å². The van der Waals surface area contributed by atoms with E-state index in [0.29, 0.717) is 6.42 Å². The van der Waals surface area contributed by atoms with E-state index in [2.05, 4.69) is 4.74 Å². The third-order valence-electron chi connectivity index (χ3n) is 3.62. The molecule has 0 spiro atoms. The minimum atomic E-state index is -3.71. The van der Waals surface area contributed by atoms with Gasteiger partial charge in [0.15, 0.2) is 0 Å². The van der Waals surface area contributed by atoms with Gasteiger partial charge < -0.3 is 14.6 Å². The topological polar surface area (TPSA) is 119 Å². The fourth-order valence-electron chi connectivity index (χ4n) is 2.49. The number of aliphatic hydroxyl groups excluding tert-OH is 1. The minimum Gasteiger partial charge on any atom is -0.469 e. The van der Waals surface area contributed by atoms with Crippen molar-refractivity contribution in [1.29, 1.82) is 0 Å². The van der Waals surface area contributed by atoms with Crippen molar-refractivity contribution in [3.8, 4) is 0 Å². The molecule has 1 saturated heterocycles. The first kappa shape index (κ1) is 20.7. The first-order valence-electron chi connectivity index (χ1n) is 7.74. The van der Waals surface area contributed by atoms with Crippen LogP contribution < -0.4 is 0 Å². The van der Waals surface area contributed by atoms with E-state index >= 15 is 0 Å². The summed E-state index contributed by atoms with van der Waals surface area (Å²) < 4.78 is 37.1. The van der Waals surface area contributed by atoms with Crippen LogP contribution in [0.2, 0.25) is 0 Å². The van der Waals surface area contributed by atoms with Crippen molar-refractivity contribution in [3.63, 3.8) is 0 Å².